The van der Waals surface area contributed by atoms with E-state index in [1.54, 1.807) is 0 Å². The van der Waals surface area contributed by atoms with Gasteiger partial charge in [0.25, 0.3) is 0 Å². The molecule has 0 aliphatic rings. The van der Waals surface area contributed by atoms with Crippen LogP contribution in [0.2, 0.25) is 0 Å². The second-order valence-corrected chi connectivity index (χ2v) is 5.25. The zero-order valence-corrected chi connectivity index (χ0v) is 12.8. The van der Waals surface area contributed by atoms with Gasteiger partial charge in [-0.2, -0.15) is 5.10 Å². The number of hydrogen-bond donors (Lipinski definition) is 1. The Bertz CT molecular complexity index is 516. The Morgan fingerprint density at radius 3 is 2.60 bits per heavy atom. The average Bonchev–Trinajstić information content (AvgIpc) is 2.85. The zero-order valence-electron chi connectivity index (χ0n) is 12.8. The van der Waals surface area contributed by atoms with Gasteiger partial charge in [-0.05, 0) is 44.4 Å². The highest BCUT2D eigenvalue weighted by molar-refractivity contribution is 5.18. The van der Waals surface area contributed by atoms with Crippen molar-refractivity contribution in [2.24, 2.45) is 7.05 Å². The lowest BCUT2D eigenvalue weighted by molar-refractivity contribution is 0.520. The fourth-order valence-electron chi connectivity index (χ4n) is 2.63. The van der Waals surface area contributed by atoms with Gasteiger partial charge in [0.1, 0.15) is 0 Å². The second-order valence-electron chi connectivity index (χ2n) is 5.25. The van der Waals surface area contributed by atoms with Gasteiger partial charge in [-0.3, -0.25) is 4.68 Å². The number of aryl methyl sites for hydroxylation is 3. The summed E-state index contributed by atoms with van der Waals surface area (Å²) in [7, 11) is 4.08. The topological polar surface area (TPSA) is 29.9 Å². The zero-order chi connectivity index (χ0) is 14.4. The average molecular weight is 271 g/mol. The SMILES string of the molecule is CCc1cc(CCCC(NC)c2ccccc2)n(C)n1. The molecular formula is C17H25N3. The minimum Gasteiger partial charge on any atom is -0.313 e. The van der Waals surface area contributed by atoms with Gasteiger partial charge in [0.15, 0.2) is 0 Å². The Kier molecular flexibility index (Phi) is 5.36. The number of benzene rings is 1. The standard InChI is InChI=1S/C17H25N3/c1-4-15-13-16(20(3)19-15)11-8-12-17(18-2)14-9-6-5-7-10-14/h5-7,9-10,13,17-18H,4,8,11-12H2,1-3H3. The van der Waals surface area contributed by atoms with Crippen LogP contribution in [0.5, 0.6) is 0 Å². The molecule has 2 rings (SSSR count). The van der Waals surface area contributed by atoms with Gasteiger partial charge in [0.05, 0.1) is 5.69 Å². The Labute approximate surface area is 122 Å². The molecule has 1 heterocycles. The summed E-state index contributed by atoms with van der Waals surface area (Å²) in [5.74, 6) is 0. The van der Waals surface area contributed by atoms with Crippen molar-refractivity contribution < 1.29 is 0 Å². The molecule has 0 bridgehead atoms. The fourth-order valence-corrected chi connectivity index (χ4v) is 2.63. The summed E-state index contributed by atoms with van der Waals surface area (Å²) in [6, 6.07) is 13.3. The molecule has 1 aromatic carbocycles. The van der Waals surface area contributed by atoms with Crippen molar-refractivity contribution in [3.8, 4) is 0 Å². The summed E-state index contributed by atoms with van der Waals surface area (Å²) in [6.07, 6.45) is 4.42. The van der Waals surface area contributed by atoms with Crippen LogP contribution < -0.4 is 5.32 Å². The Balaban J connectivity index is 1.89. The Hall–Kier alpha value is -1.61. The van der Waals surface area contributed by atoms with Gasteiger partial charge in [-0.15, -0.1) is 0 Å². The predicted molar refractivity (Wildman–Crippen MR) is 83.8 cm³/mol. The highest BCUT2D eigenvalue weighted by atomic mass is 15.3. The molecule has 1 unspecified atom stereocenters. The first-order chi connectivity index (χ1) is 9.74. The van der Waals surface area contributed by atoms with Crippen molar-refractivity contribution in [1.29, 1.82) is 0 Å². The molecule has 2 aromatic rings. The van der Waals surface area contributed by atoms with Crippen molar-refractivity contribution in [3.05, 3.63) is 53.3 Å². The van der Waals surface area contributed by atoms with Crippen LogP contribution in [0, 0.1) is 0 Å². The van der Waals surface area contributed by atoms with E-state index in [1.165, 1.54) is 23.4 Å². The maximum absolute atomic E-state index is 4.51. The second kappa shape index (κ2) is 7.25. The lowest BCUT2D eigenvalue weighted by Gasteiger charge is -2.16. The molecule has 1 aromatic heterocycles. The molecule has 0 aliphatic carbocycles. The van der Waals surface area contributed by atoms with E-state index in [1.807, 2.05) is 18.8 Å². The molecule has 108 valence electrons. The Morgan fingerprint density at radius 2 is 2.00 bits per heavy atom. The lowest BCUT2D eigenvalue weighted by atomic mass is 10.0. The van der Waals surface area contributed by atoms with Gasteiger partial charge in [0.2, 0.25) is 0 Å². The summed E-state index contributed by atoms with van der Waals surface area (Å²) >= 11 is 0. The number of rotatable bonds is 7. The molecule has 1 atom stereocenters. The number of nitrogens with one attached hydrogen (secondary N) is 1. The molecule has 1 N–H and O–H groups in total. The van der Waals surface area contributed by atoms with E-state index >= 15 is 0 Å². The third-order valence-electron chi connectivity index (χ3n) is 3.87. The van der Waals surface area contributed by atoms with Crippen LogP contribution in [0.1, 0.15) is 42.8 Å². The monoisotopic (exact) mass is 271 g/mol. The minimum atomic E-state index is 0.440. The van der Waals surface area contributed by atoms with Gasteiger partial charge in [0, 0.05) is 18.8 Å². The van der Waals surface area contributed by atoms with E-state index < -0.39 is 0 Å². The summed E-state index contributed by atoms with van der Waals surface area (Å²) < 4.78 is 2.02. The molecule has 0 spiro atoms. The minimum absolute atomic E-state index is 0.440. The predicted octanol–water partition coefficient (Wildman–Crippen LogP) is 3.27. The van der Waals surface area contributed by atoms with Gasteiger partial charge in [-0.1, -0.05) is 37.3 Å². The van der Waals surface area contributed by atoms with E-state index in [9.17, 15) is 0 Å². The third-order valence-corrected chi connectivity index (χ3v) is 3.87. The smallest absolute Gasteiger partial charge is 0.0624 e. The largest absolute Gasteiger partial charge is 0.313 e. The van der Waals surface area contributed by atoms with Gasteiger partial charge < -0.3 is 5.32 Å². The van der Waals surface area contributed by atoms with Crippen molar-refractivity contribution in [1.82, 2.24) is 15.1 Å². The quantitative estimate of drug-likeness (QED) is 0.837. The molecule has 0 saturated carbocycles. The number of hydrogen-bond acceptors (Lipinski definition) is 2. The highest BCUT2D eigenvalue weighted by Gasteiger charge is 2.09. The highest BCUT2D eigenvalue weighted by Crippen LogP contribution is 2.19. The first-order valence-electron chi connectivity index (χ1n) is 7.48. The molecule has 0 aliphatic heterocycles. The van der Waals surface area contributed by atoms with E-state index in [-0.39, 0.29) is 0 Å². The van der Waals surface area contributed by atoms with Crippen LogP contribution in [0.4, 0.5) is 0 Å². The van der Waals surface area contributed by atoms with Crippen molar-refractivity contribution in [2.45, 2.75) is 38.6 Å². The third kappa shape index (κ3) is 3.70. The molecular weight excluding hydrogens is 246 g/mol. The first-order valence-corrected chi connectivity index (χ1v) is 7.48. The molecule has 20 heavy (non-hydrogen) atoms. The molecule has 0 saturated heterocycles. The normalized spacial score (nSPS) is 12.6. The lowest BCUT2D eigenvalue weighted by Crippen LogP contribution is -2.16. The van der Waals surface area contributed by atoms with Crippen LogP contribution in [0.15, 0.2) is 36.4 Å². The van der Waals surface area contributed by atoms with Crippen molar-refractivity contribution >= 4 is 0 Å². The summed E-state index contributed by atoms with van der Waals surface area (Å²) in [5, 5.41) is 7.92. The van der Waals surface area contributed by atoms with E-state index in [0.717, 1.165) is 19.3 Å². The maximum Gasteiger partial charge on any atom is 0.0624 e. The van der Waals surface area contributed by atoms with Crippen LogP contribution >= 0.6 is 0 Å². The Morgan fingerprint density at radius 1 is 1.25 bits per heavy atom. The van der Waals surface area contributed by atoms with E-state index in [0.29, 0.717) is 6.04 Å². The van der Waals surface area contributed by atoms with Crippen LogP contribution in [0.25, 0.3) is 0 Å². The molecule has 3 nitrogen and oxygen atoms in total. The molecule has 0 amide bonds. The molecule has 3 heteroatoms. The van der Waals surface area contributed by atoms with Gasteiger partial charge >= 0.3 is 0 Å². The molecule has 0 radical (unpaired) electrons. The fraction of sp³-hybridized carbons (Fsp3) is 0.471. The van der Waals surface area contributed by atoms with Crippen molar-refractivity contribution in [3.63, 3.8) is 0 Å². The first kappa shape index (κ1) is 14.8. The summed E-state index contributed by atoms with van der Waals surface area (Å²) in [5.41, 5.74) is 3.90. The summed E-state index contributed by atoms with van der Waals surface area (Å²) in [6.45, 7) is 2.15. The van der Waals surface area contributed by atoms with Crippen LogP contribution in [0.3, 0.4) is 0 Å². The summed E-state index contributed by atoms with van der Waals surface area (Å²) in [4.78, 5) is 0. The van der Waals surface area contributed by atoms with Gasteiger partial charge in [-0.25, -0.2) is 0 Å². The van der Waals surface area contributed by atoms with Crippen LogP contribution in [-0.4, -0.2) is 16.8 Å². The van der Waals surface area contributed by atoms with Crippen molar-refractivity contribution in [2.75, 3.05) is 7.05 Å². The maximum atomic E-state index is 4.51. The van der Waals surface area contributed by atoms with E-state index in [2.05, 4.69) is 53.7 Å². The van der Waals surface area contributed by atoms with Crippen LogP contribution in [-0.2, 0) is 19.9 Å². The number of aromatic nitrogens is 2. The van der Waals surface area contributed by atoms with E-state index in [4.69, 9.17) is 0 Å². The molecule has 0 fully saturated rings. The number of nitrogens with zero attached hydrogens (tertiary/aromatic N) is 2.